The van der Waals surface area contributed by atoms with E-state index in [1.54, 1.807) is 0 Å². The molecule has 0 bridgehead atoms. The molecule has 0 aliphatic heterocycles. The number of unbranched alkanes of at least 4 members (excludes halogenated alkanes) is 7. The quantitative estimate of drug-likeness (QED) is 0.399. The van der Waals surface area contributed by atoms with E-state index in [1.807, 2.05) is 0 Å². The van der Waals surface area contributed by atoms with Gasteiger partial charge in [0.1, 0.15) is 0 Å². The van der Waals surface area contributed by atoms with Crippen molar-refractivity contribution in [2.24, 2.45) is 0 Å². The molecule has 122 valence electrons. The summed E-state index contributed by atoms with van der Waals surface area (Å²) in [6, 6.07) is 0. The van der Waals surface area contributed by atoms with Crippen LogP contribution in [0, 0.1) is 0 Å². The molecule has 0 heterocycles. The minimum absolute atomic E-state index is 1.28. The number of hydrogen-bond donors (Lipinski definition) is 0. The fraction of sp³-hybridized carbons (Fsp3) is 1.00. The van der Waals surface area contributed by atoms with Crippen molar-refractivity contribution in [3.63, 3.8) is 0 Å². The van der Waals surface area contributed by atoms with E-state index in [-0.39, 0.29) is 0 Å². The molecule has 0 saturated heterocycles. The first-order valence-corrected chi connectivity index (χ1v) is 9.07. The molecule has 2 heteroatoms. The third-order valence-electron chi connectivity index (χ3n) is 4.12. The first kappa shape index (κ1) is 19.9. The summed E-state index contributed by atoms with van der Waals surface area (Å²) in [4.78, 5) is 5.00. The molecule has 0 aromatic heterocycles. The van der Waals surface area contributed by atoms with Crippen LogP contribution in [0.5, 0.6) is 0 Å². The van der Waals surface area contributed by atoms with Crippen molar-refractivity contribution in [1.82, 2.24) is 9.80 Å². The van der Waals surface area contributed by atoms with Crippen LogP contribution in [0.1, 0.15) is 78.1 Å². The lowest BCUT2D eigenvalue weighted by Gasteiger charge is -2.17. The molecular weight excluding hydrogens is 244 g/mol. The number of rotatable bonds is 15. The van der Waals surface area contributed by atoms with Crippen molar-refractivity contribution in [2.75, 3.05) is 40.3 Å². The van der Waals surface area contributed by atoms with Crippen LogP contribution in [-0.4, -0.2) is 50.1 Å². The Morgan fingerprint density at radius 3 is 1.25 bits per heavy atom. The summed E-state index contributed by atoms with van der Waals surface area (Å²) in [6.45, 7) is 9.69. The Balaban J connectivity index is 3.19. The van der Waals surface area contributed by atoms with Crippen molar-refractivity contribution in [1.29, 1.82) is 0 Å². The molecule has 0 aliphatic carbocycles. The monoisotopic (exact) mass is 284 g/mol. The normalized spacial score (nSPS) is 11.7. The average molecular weight is 285 g/mol. The van der Waals surface area contributed by atoms with Crippen molar-refractivity contribution in [3.8, 4) is 0 Å². The van der Waals surface area contributed by atoms with Gasteiger partial charge in [-0.3, -0.25) is 0 Å². The van der Waals surface area contributed by atoms with Gasteiger partial charge in [0.05, 0.1) is 0 Å². The molecule has 0 N–H and O–H groups in total. The van der Waals surface area contributed by atoms with Crippen LogP contribution >= 0.6 is 0 Å². The minimum atomic E-state index is 1.28. The predicted octanol–water partition coefficient (Wildman–Crippen LogP) is 4.79. The van der Waals surface area contributed by atoms with Crippen molar-refractivity contribution >= 4 is 0 Å². The molecule has 0 unspecified atom stereocenters. The van der Waals surface area contributed by atoms with Crippen LogP contribution in [0.4, 0.5) is 0 Å². The summed E-state index contributed by atoms with van der Waals surface area (Å²) in [5.74, 6) is 0. The van der Waals surface area contributed by atoms with Gasteiger partial charge in [-0.1, -0.05) is 52.4 Å². The third-order valence-corrected chi connectivity index (χ3v) is 4.12. The van der Waals surface area contributed by atoms with Crippen LogP contribution in [0.2, 0.25) is 0 Å². The Hall–Kier alpha value is -0.0800. The molecule has 0 fully saturated rings. The predicted molar refractivity (Wildman–Crippen MR) is 92.5 cm³/mol. The molecule has 0 aromatic carbocycles. The molecule has 0 radical (unpaired) electrons. The highest BCUT2D eigenvalue weighted by Crippen LogP contribution is 2.06. The zero-order valence-electron chi connectivity index (χ0n) is 14.8. The Morgan fingerprint density at radius 2 is 0.800 bits per heavy atom. The highest BCUT2D eigenvalue weighted by molar-refractivity contribution is 4.55. The van der Waals surface area contributed by atoms with Gasteiger partial charge in [0.25, 0.3) is 0 Å². The molecule has 0 aromatic rings. The Labute approximate surface area is 128 Å². The Bertz CT molecular complexity index is 182. The first-order chi connectivity index (χ1) is 9.70. The van der Waals surface area contributed by atoms with E-state index in [9.17, 15) is 0 Å². The van der Waals surface area contributed by atoms with Crippen molar-refractivity contribution < 1.29 is 0 Å². The molecule has 0 rings (SSSR count). The van der Waals surface area contributed by atoms with Gasteiger partial charge in [0.2, 0.25) is 0 Å². The lowest BCUT2D eigenvalue weighted by molar-refractivity contribution is 0.308. The molecular formula is C18H40N2. The zero-order chi connectivity index (χ0) is 15.1. The van der Waals surface area contributed by atoms with E-state index in [0.717, 1.165) is 0 Å². The topological polar surface area (TPSA) is 6.48 Å². The summed E-state index contributed by atoms with van der Waals surface area (Å²) in [5.41, 5.74) is 0. The van der Waals surface area contributed by atoms with E-state index >= 15 is 0 Å². The van der Waals surface area contributed by atoms with Gasteiger partial charge < -0.3 is 9.80 Å². The van der Waals surface area contributed by atoms with Gasteiger partial charge in [-0.2, -0.15) is 0 Å². The van der Waals surface area contributed by atoms with E-state index in [1.165, 1.54) is 90.4 Å². The molecule has 0 spiro atoms. The Morgan fingerprint density at radius 1 is 0.450 bits per heavy atom. The van der Waals surface area contributed by atoms with Gasteiger partial charge in [-0.25, -0.2) is 0 Å². The molecule has 0 amide bonds. The highest BCUT2D eigenvalue weighted by atomic mass is 15.1. The van der Waals surface area contributed by atoms with Crippen molar-refractivity contribution in [2.45, 2.75) is 78.1 Å². The minimum Gasteiger partial charge on any atom is -0.306 e. The highest BCUT2D eigenvalue weighted by Gasteiger charge is 1.99. The molecule has 0 saturated carbocycles. The maximum absolute atomic E-state index is 2.51. The van der Waals surface area contributed by atoms with E-state index in [0.29, 0.717) is 0 Å². The molecule has 2 nitrogen and oxygen atoms in total. The van der Waals surface area contributed by atoms with E-state index < -0.39 is 0 Å². The van der Waals surface area contributed by atoms with E-state index in [4.69, 9.17) is 0 Å². The summed E-state index contributed by atoms with van der Waals surface area (Å²) < 4.78 is 0. The average Bonchev–Trinajstić information content (AvgIpc) is 2.44. The SMILES string of the molecule is CCCCCN(C)CCCCCCCN(C)CCCC. The van der Waals surface area contributed by atoms with Gasteiger partial charge in [-0.05, 0) is 66.0 Å². The van der Waals surface area contributed by atoms with Crippen LogP contribution in [-0.2, 0) is 0 Å². The maximum Gasteiger partial charge on any atom is -0.00218 e. The molecule has 20 heavy (non-hydrogen) atoms. The first-order valence-electron chi connectivity index (χ1n) is 9.07. The van der Waals surface area contributed by atoms with Crippen LogP contribution in [0.25, 0.3) is 0 Å². The largest absolute Gasteiger partial charge is 0.306 e. The second-order valence-corrected chi connectivity index (χ2v) is 6.43. The summed E-state index contributed by atoms with van der Waals surface area (Å²) in [6.07, 6.45) is 13.8. The fourth-order valence-corrected chi connectivity index (χ4v) is 2.58. The third kappa shape index (κ3) is 14.3. The summed E-state index contributed by atoms with van der Waals surface area (Å²) in [7, 11) is 4.54. The molecule has 0 aliphatic rings. The van der Waals surface area contributed by atoms with Crippen LogP contribution < -0.4 is 0 Å². The second-order valence-electron chi connectivity index (χ2n) is 6.43. The summed E-state index contributed by atoms with van der Waals surface area (Å²) in [5, 5.41) is 0. The van der Waals surface area contributed by atoms with Gasteiger partial charge in [0, 0.05) is 0 Å². The zero-order valence-corrected chi connectivity index (χ0v) is 14.8. The van der Waals surface area contributed by atoms with E-state index in [2.05, 4.69) is 37.7 Å². The van der Waals surface area contributed by atoms with Crippen LogP contribution in [0.3, 0.4) is 0 Å². The van der Waals surface area contributed by atoms with Gasteiger partial charge in [0.15, 0.2) is 0 Å². The van der Waals surface area contributed by atoms with Gasteiger partial charge >= 0.3 is 0 Å². The lowest BCUT2D eigenvalue weighted by Crippen LogP contribution is -2.21. The number of hydrogen-bond acceptors (Lipinski definition) is 2. The Kier molecular flexibility index (Phi) is 15.3. The fourth-order valence-electron chi connectivity index (χ4n) is 2.58. The van der Waals surface area contributed by atoms with Crippen LogP contribution in [0.15, 0.2) is 0 Å². The lowest BCUT2D eigenvalue weighted by atomic mass is 10.1. The number of nitrogens with zero attached hydrogens (tertiary/aromatic N) is 2. The maximum atomic E-state index is 2.51. The smallest absolute Gasteiger partial charge is 0.00218 e. The summed E-state index contributed by atoms with van der Waals surface area (Å²) >= 11 is 0. The standard InChI is InChI=1S/C18H40N2/c1-5-7-12-16-20(4)18-14-11-9-10-13-17-19(3)15-8-6-2/h5-18H2,1-4H3. The second kappa shape index (κ2) is 15.3. The van der Waals surface area contributed by atoms with Gasteiger partial charge in [-0.15, -0.1) is 0 Å². The van der Waals surface area contributed by atoms with Crippen molar-refractivity contribution in [3.05, 3.63) is 0 Å². The molecule has 0 atom stereocenters.